The fourth-order valence-corrected chi connectivity index (χ4v) is 5.40. The molecule has 2 aliphatic rings. The molecule has 10 unspecified atom stereocenters. The van der Waals surface area contributed by atoms with Crippen LogP contribution in [0.25, 0.3) is 22.3 Å². The molecule has 2 aromatic carbocycles. The third-order valence-electron chi connectivity index (χ3n) is 7.83. The van der Waals surface area contributed by atoms with Crippen LogP contribution in [0.15, 0.2) is 45.6 Å². The molecule has 1 aromatic heterocycles. The van der Waals surface area contributed by atoms with Crippen LogP contribution >= 0.6 is 0 Å². The number of ether oxygens (including phenoxy) is 5. The summed E-state index contributed by atoms with van der Waals surface area (Å²) in [6, 6.07) is 8.94. The van der Waals surface area contributed by atoms with E-state index in [1.807, 2.05) is 0 Å². The predicted octanol–water partition coefficient (Wildman–Crippen LogP) is -0.451. The van der Waals surface area contributed by atoms with Gasteiger partial charge < -0.3 is 63.8 Å². The van der Waals surface area contributed by atoms with Gasteiger partial charge in [0.25, 0.3) is 0 Å². The van der Waals surface area contributed by atoms with Gasteiger partial charge in [0.1, 0.15) is 77.2 Å². The van der Waals surface area contributed by atoms with Crippen LogP contribution in [0.4, 0.5) is 0 Å². The molecule has 0 bridgehead atoms. The van der Waals surface area contributed by atoms with Crippen molar-refractivity contribution < 1.29 is 63.8 Å². The highest BCUT2D eigenvalue weighted by molar-refractivity contribution is 5.89. The van der Waals surface area contributed by atoms with Gasteiger partial charge in [0, 0.05) is 17.7 Å². The molecule has 0 saturated carbocycles. The molecule has 2 saturated heterocycles. The number of methoxy groups -OCH3 is 2. The number of hydrogen-bond acceptors (Lipinski definition) is 14. The lowest BCUT2D eigenvalue weighted by Crippen LogP contribution is -2.61. The summed E-state index contributed by atoms with van der Waals surface area (Å²) in [4.78, 5) is 13.3. The lowest BCUT2D eigenvalue weighted by molar-refractivity contribution is -0.338. The largest absolute Gasteiger partial charge is 0.507 e. The predicted molar refractivity (Wildman–Crippen MR) is 147 cm³/mol. The quantitative estimate of drug-likeness (QED) is 0.181. The van der Waals surface area contributed by atoms with E-state index in [1.165, 1.54) is 27.2 Å². The first kappa shape index (κ1) is 31.1. The number of fused-ring (bicyclic) bond motifs is 1. The fraction of sp³-hybridized carbons (Fsp3) is 0.483. The molecule has 0 amide bonds. The van der Waals surface area contributed by atoms with Gasteiger partial charge >= 0.3 is 0 Å². The molecule has 2 fully saturated rings. The number of aliphatic hydroxyl groups is 6. The van der Waals surface area contributed by atoms with E-state index in [9.17, 15) is 40.5 Å². The minimum Gasteiger partial charge on any atom is -0.507 e. The van der Waals surface area contributed by atoms with Gasteiger partial charge in [0.2, 0.25) is 0 Å². The van der Waals surface area contributed by atoms with Crippen LogP contribution in [-0.4, -0.2) is 112 Å². The Morgan fingerprint density at radius 3 is 2.19 bits per heavy atom. The van der Waals surface area contributed by atoms with Crippen molar-refractivity contribution >= 4 is 11.0 Å². The summed E-state index contributed by atoms with van der Waals surface area (Å²) >= 11 is 0. The monoisotopic (exact) mass is 606 g/mol. The number of aliphatic hydroxyl groups excluding tert-OH is 6. The van der Waals surface area contributed by atoms with Gasteiger partial charge in [0.15, 0.2) is 17.3 Å². The minimum atomic E-state index is -1.78. The Hall–Kier alpha value is -3.31. The lowest BCUT2D eigenvalue weighted by atomic mass is 9.89. The summed E-state index contributed by atoms with van der Waals surface area (Å²) in [5, 5.41) is 73.4. The third-order valence-corrected chi connectivity index (χ3v) is 7.83. The van der Waals surface area contributed by atoms with Gasteiger partial charge in [-0.1, -0.05) is 0 Å². The second kappa shape index (κ2) is 12.4. The maximum absolute atomic E-state index is 13.3. The van der Waals surface area contributed by atoms with E-state index >= 15 is 0 Å². The summed E-state index contributed by atoms with van der Waals surface area (Å²) in [6.07, 6.45) is -15.4. The zero-order chi connectivity index (χ0) is 31.2. The highest BCUT2D eigenvalue weighted by Crippen LogP contribution is 2.45. The van der Waals surface area contributed by atoms with Crippen molar-refractivity contribution in [3.63, 3.8) is 0 Å². The first-order valence-corrected chi connectivity index (χ1v) is 13.5. The molecule has 234 valence electrons. The highest BCUT2D eigenvalue weighted by Gasteiger charge is 2.51. The topological polar surface area (TPSA) is 218 Å². The lowest BCUT2D eigenvalue weighted by Gasteiger charge is -2.46. The minimum absolute atomic E-state index is 0.0314. The van der Waals surface area contributed by atoms with Gasteiger partial charge in [-0.2, -0.15) is 0 Å². The summed E-state index contributed by atoms with van der Waals surface area (Å²) in [6.45, 7) is 0.704. The van der Waals surface area contributed by atoms with Gasteiger partial charge in [0.05, 0.1) is 32.5 Å². The SMILES string of the molecule is COc1ccc(-c2cc(=O)c3c(O)cc(OC)c(C4OC(CO)C(O)C(O)C4OC4OC(C)C(O)C(O)C4O)c3o2)cc1. The van der Waals surface area contributed by atoms with Crippen LogP contribution in [0.1, 0.15) is 18.6 Å². The Balaban J connectivity index is 1.69. The molecule has 43 heavy (non-hydrogen) atoms. The molecule has 0 radical (unpaired) electrons. The van der Waals surface area contributed by atoms with E-state index in [0.717, 1.165) is 6.07 Å². The molecular weight excluding hydrogens is 572 g/mol. The summed E-state index contributed by atoms with van der Waals surface area (Å²) in [5.74, 6) is 0.116. The van der Waals surface area contributed by atoms with E-state index in [-0.39, 0.29) is 28.0 Å². The Morgan fingerprint density at radius 1 is 0.860 bits per heavy atom. The van der Waals surface area contributed by atoms with E-state index in [1.54, 1.807) is 24.3 Å². The summed E-state index contributed by atoms with van der Waals surface area (Å²) in [5.41, 5.74) is -0.383. The molecule has 3 aromatic rings. The second-order valence-corrected chi connectivity index (χ2v) is 10.5. The smallest absolute Gasteiger partial charge is 0.197 e. The molecule has 5 rings (SSSR count). The molecule has 10 atom stereocenters. The summed E-state index contributed by atoms with van der Waals surface area (Å²) < 4.78 is 34.3. The standard InChI is InChI=1S/C29H34O14/c1-11-21(33)23(35)25(37)29(40-11)43-28-24(36)22(34)18(10-30)42-27(28)20-17(39-3)9-15(32)19-14(31)8-16(41-26(19)20)12-4-6-13(38-2)7-5-12/h4-9,11,18,21-25,27-30,32-37H,10H2,1-3H3. The van der Waals surface area contributed by atoms with Gasteiger partial charge in [-0.3, -0.25) is 4.79 Å². The van der Waals surface area contributed by atoms with Crippen molar-refractivity contribution in [2.24, 2.45) is 0 Å². The first-order valence-electron chi connectivity index (χ1n) is 13.5. The third kappa shape index (κ3) is 5.57. The molecule has 0 aliphatic carbocycles. The number of aromatic hydroxyl groups is 1. The second-order valence-electron chi connectivity index (χ2n) is 10.5. The van der Waals surface area contributed by atoms with Crippen LogP contribution in [0.2, 0.25) is 0 Å². The van der Waals surface area contributed by atoms with Crippen molar-refractivity contribution in [2.75, 3.05) is 20.8 Å². The fourth-order valence-electron chi connectivity index (χ4n) is 5.40. The van der Waals surface area contributed by atoms with E-state index in [4.69, 9.17) is 28.1 Å². The molecule has 3 heterocycles. The van der Waals surface area contributed by atoms with E-state index in [2.05, 4.69) is 0 Å². The van der Waals surface area contributed by atoms with Gasteiger partial charge in [-0.15, -0.1) is 0 Å². The number of phenolic OH excluding ortho intramolecular Hbond substituents is 1. The van der Waals surface area contributed by atoms with Crippen molar-refractivity contribution in [1.29, 1.82) is 0 Å². The highest BCUT2D eigenvalue weighted by atomic mass is 16.7. The number of rotatable bonds is 7. The Morgan fingerprint density at radius 2 is 1.56 bits per heavy atom. The van der Waals surface area contributed by atoms with Gasteiger partial charge in [-0.25, -0.2) is 0 Å². The average molecular weight is 607 g/mol. The molecule has 7 N–H and O–H groups in total. The number of phenols is 1. The maximum atomic E-state index is 13.3. The number of hydrogen-bond donors (Lipinski definition) is 7. The van der Waals surface area contributed by atoms with Crippen molar-refractivity contribution in [1.82, 2.24) is 0 Å². The molecule has 14 heteroatoms. The van der Waals surface area contributed by atoms with Crippen LogP contribution in [0.5, 0.6) is 17.2 Å². The van der Waals surface area contributed by atoms with Crippen LogP contribution in [0, 0.1) is 0 Å². The summed E-state index contributed by atoms with van der Waals surface area (Å²) in [7, 11) is 2.78. The van der Waals surface area contributed by atoms with E-state index < -0.39 is 79.0 Å². The van der Waals surface area contributed by atoms with Crippen molar-refractivity contribution in [2.45, 2.75) is 68.1 Å². The van der Waals surface area contributed by atoms with Crippen LogP contribution in [0.3, 0.4) is 0 Å². The van der Waals surface area contributed by atoms with Crippen LogP contribution in [-0.2, 0) is 14.2 Å². The molecule has 2 aliphatic heterocycles. The van der Waals surface area contributed by atoms with Crippen molar-refractivity contribution in [3.05, 3.63) is 52.2 Å². The average Bonchev–Trinajstić information content (AvgIpc) is 3.00. The normalized spacial score (nSPS) is 33.0. The van der Waals surface area contributed by atoms with Gasteiger partial charge in [-0.05, 0) is 31.2 Å². The van der Waals surface area contributed by atoms with Crippen LogP contribution < -0.4 is 14.9 Å². The Bertz CT molecular complexity index is 1490. The first-order chi connectivity index (χ1) is 20.5. The Labute approximate surface area is 244 Å². The van der Waals surface area contributed by atoms with E-state index in [0.29, 0.717) is 11.3 Å². The Kier molecular flexibility index (Phi) is 8.94. The van der Waals surface area contributed by atoms with Crippen molar-refractivity contribution in [3.8, 4) is 28.6 Å². The molecular formula is C29H34O14. The zero-order valence-corrected chi connectivity index (χ0v) is 23.4. The maximum Gasteiger partial charge on any atom is 0.197 e. The zero-order valence-electron chi connectivity index (χ0n) is 23.4. The molecule has 0 spiro atoms. The molecule has 14 nitrogen and oxygen atoms in total. The number of benzene rings is 2.